The van der Waals surface area contributed by atoms with Gasteiger partial charge in [-0.1, -0.05) is 6.07 Å². The summed E-state index contributed by atoms with van der Waals surface area (Å²) in [7, 11) is 1.49. The van der Waals surface area contributed by atoms with Crippen molar-refractivity contribution in [3.05, 3.63) is 29.3 Å². The van der Waals surface area contributed by atoms with E-state index in [-0.39, 0.29) is 19.1 Å². The summed E-state index contributed by atoms with van der Waals surface area (Å²) in [5.74, 6) is -0.245. The lowest BCUT2D eigenvalue weighted by atomic mass is 10.1. The maximum absolute atomic E-state index is 11.8. The summed E-state index contributed by atoms with van der Waals surface area (Å²) < 4.78 is 4.76. The summed E-state index contributed by atoms with van der Waals surface area (Å²) in [6, 6.07) is 5.17. The van der Waals surface area contributed by atoms with Crippen LogP contribution in [0.5, 0.6) is 0 Å². The number of aliphatic hydroxyl groups excluding tert-OH is 1. The molecule has 0 bridgehead atoms. The van der Waals surface area contributed by atoms with Gasteiger partial charge < -0.3 is 20.9 Å². The lowest BCUT2D eigenvalue weighted by molar-refractivity contribution is 0.0609. The standard InChI is InChI=1S/C12H18N2O3/c1-8-10(4-3-5-11(8)13)12(16)14-6-9(15)7-17-2/h3-5,9,15H,6-7,13H2,1-2H3,(H,14,16). The molecule has 17 heavy (non-hydrogen) atoms. The minimum Gasteiger partial charge on any atom is -0.398 e. The fourth-order valence-electron chi connectivity index (χ4n) is 1.46. The number of anilines is 1. The van der Waals surface area contributed by atoms with Crippen LogP contribution in [0.3, 0.4) is 0 Å². The molecule has 0 aliphatic rings. The molecular formula is C12H18N2O3. The molecule has 1 amide bonds. The Hall–Kier alpha value is -1.59. The molecule has 0 saturated carbocycles. The van der Waals surface area contributed by atoms with Crippen LogP contribution in [0.1, 0.15) is 15.9 Å². The molecule has 1 atom stereocenters. The molecule has 0 fully saturated rings. The second kappa shape index (κ2) is 6.22. The predicted octanol–water partition coefficient (Wildman–Crippen LogP) is 0.314. The first-order valence-corrected chi connectivity index (χ1v) is 5.36. The Morgan fingerprint density at radius 1 is 1.59 bits per heavy atom. The van der Waals surface area contributed by atoms with Crippen molar-refractivity contribution >= 4 is 11.6 Å². The number of amides is 1. The monoisotopic (exact) mass is 238 g/mol. The van der Waals surface area contributed by atoms with Crippen molar-refractivity contribution in [1.82, 2.24) is 5.32 Å². The molecule has 5 heteroatoms. The second-order valence-corrected chi connectivity index (χ2v) is 3.84. The molecule has 0 radical (unpaired) electrons. The smallest absolute Gasteiger partial charge is 0.251 e. The van der Waals surface area contributed by atoms with Crippen LogP contribution in [0.15, 0.2) is 18.2 Å². The lowest BCUT2D eigenvalue weighted by Crippen LogP contribution is -2.34. The fourth-order valence-corrected chi connectivity index (χ4v) is 1.46. The van der Waals surface area contributed by atoms with E-state index in [9.17, 15) is 9.90 Å². The van der Waals surface area contributed by atoms with Crippen molar-refractivity contribution in [1.29, 1.82) is 0 Å². The summed E-state index contributed by atoms with van der Waals surface area (Å²) in [4.78, 5) is 11.8. The zero-order valence-corrected chi connectivity index (χ0v) is 10.1. The van der Waals surface area contributed by atoms with Gasteiger partial charge in [-0.25, -0.2) is 0 Å². The van der Waals surface area contributed by atoms with Crippen LogP contribution in [-0.2, 0) is 4.74 Å². The van der Waals surface area contributed by atoms with Gasteiger partial charge in [0, 0.05) is 24.9 Å². The SMILES string of the molecule is COCC(O)CNC(=O)c1cccc(N)c1C. The largest absolute Gasteiger partial charge is 0.398 e. The Labute approximate surface area is 101 Å². The highest BCUT2D eigenvalue weighted by Gasteiger charge is 2.11. The third-order valence-electron chi connectivity index (χ3n) is 2.48. The van der Waals surface area contributed by atoms with Crippen molar-refractivity contribution < 1.29 is 14.6 Å². The third-order valence-corrected chi connectivity index (χ3v) is 2.48. The molecule has 0 aliphatic carbocycles. The van der Waals surface area contributed by atoms with Crippen LogP contribution < -0.4 is 11.1 Å². The minimum absolute atomic E-state index is 0.154. The van der Waals surface area contributed by atoms with E-state index in [0.717, 1.165) is 5.56 Å². The van der Waals surface area contributed by atoms with Crippen molar-refractivity contribution in [3.8, 4) is 0 Å². The van der Waals surface area contributed by atoms with E-state index in [0.29, 0.717) is 11.3 Å². The number of nitrogens with two attached hydrogens (primary N) is 1. The molecule has 94 valence electrons. The van der Waals surface area contributed by atoms with Gasteiger partial charge in [-0.2, -0.15) is 0 Å². The maximum Gasteiger partial charge on any atom is 0.251 e. The number of carbonyl (C=O) groups excluding carboxylic acids is 1. The summed E-state index contributed by atoms with van der Waals surface area (Å²) in [6.07, 6.45) is -0.703. The molecular weight excluding hydrogens is 220 g/mol. The van der Waals surface area contributed by atoms with Crippen LogP contribution in [0.2, 0.25) is 0 Å². The number of aliphatic hydroxyl groups is 1. The van der Waals surface area contributed by atoms with Crippen molar-refractivity contribution in [2.45, 2.75) is 13.0 Å². The van der Waals surface area contributed by atoms with Gasteiger partial charge in [0.25, 0.3) is 5.91 Å². The normalized spacial score (nSPS) is 12.2. The van der Waals surface area contributed by atoms with Gasteiger partial charge >= 0.3 is 0 Å². The van der Waals surface area contributed by atoms with Gasteiger partial charge in [-0.05, 0) is 24.6 Å². The number of hydrogen-bond acceptors (Lipinski definition) is 4. The van der Waals surface area contributed by atoms with Crippen LogP contribution in [-0.4, -0.2) is 37.4 Å². The molecule has 0 saturated heterocycles. The molecule has 4 N–H and O–H groups in total. The minimum atomic E-state index is -0.703. The van der Waals surface area contributed by atoms with Gasteiger partial charge in [0.05, 0.1) is 12.7 Å². The summed E-state index contributed by atoms with van der Waals surface area (Å²) >= 11 is 0. The van der Waals surface area contributed by atoms with E-state index in [2.05, 4.69) is 5.32 Å². The van der Waals surface area contributed by atoms with Gasteiger partial charge in [0.15, 0.2) is 0 Å². The van der Waals surface area contributed by atoms with E-state index in [1.807, 2.05) is 0 Å². The van der Waals surface area contributed by atoms with Crippen LogP contribution in [0.4, 0.5) is 5.69 Å². The van der Waals surface area contributed by atoms with Gasteiger partial charge in [-0.3, -0.25) is 4.79 Å². The van der Waals surface area contributed by atoms with E-state index >= 15 is 0 Å². The molecule has 0 spiro atoms. The molecule has 0 heterocycles. The number of carbonyl (C=O) groups is 1. The number of nitrogen functional groups attached to an aromatic ring is 1. The summed E-state index contributed by atoms with van der Waals surface area (Å²) in [6.45, 7) is 2.13. The van der Waals surface area contributed by atoms with Gasteiger partial charge in [-0.15, -0.1) is 0 Å². The highest BCUT2D eigenvalue weighted by Crippen LogP contribution is 2.15. The molecule has 1 aromatic rings. The van der Waals surface area contributed by atoms with E-state index < -0.39 is 6.10 Å². The number of benzene rings is 1. The zero-order chi connectivity index (χ0) is 12.8. The Kier molecular flexibility index (Phi) is 4.93. The summed E-state index contributed by atoms with van der Waals surface area (Å²) in [5.41, 5.74) is 7.56. The van der Waals surface area contributed by atoms with Crippen LogP contribution in [0, 0.1) is 6.92 Å². The predicted molar refractivity (Wildman–Crippen MR) is 65.8 cm³/mol. The van der Waals surface area contributed by atoms with Crippen LogP contribution in [0.25, 0.3) is 0 Å². The zero-order valence-electron chi connectivity index (χ0n) is 10.1. The number of rotatable bonds is 5. The van der Waals surface area contributed by atoms with E-state index in [1.54, 1.807) is 25.1 Å². The van der Waals surface area contributed by atoms with Crippen molar-refractivity contribution in [2.75, 3.05) is 26.0 Å². The Morgan fingerprint density at radius 3 is 2.94 bits per heavy atom. The Balaban J connectivity index is 2.61. The van der Waals surface area contributed by atoms with E-state index in [1.165, 1.54) is 7.11 Å². The third kappa shape index (κ3) is 3.72. The highest BCUT2D eigenvalue weighted by molar-refractivity contribution is 5.96. The topological polar surface area (TPSA) is 84.6 Å². The van der Waals surface area contributed by atoms with Gasteiger partial charge in [0.2, 0.25) is 0 Å². The number of methoxy groups -OCH3 is 1. The summed E-state index contributed by atoms with van der Waals surface area (Å²) in [5, 5.41) is 12.0. The number of hydrogen-bond donors (Lipinski definition) is 3. The quantitative estimate of drug-likeness (QED) is 0.645. The number of nitrogens with one attached hydrogen (secondary N) is 1. The first-order chi connectivity index (χ1) is 8.06. The van der Waals surface area contributed by atoms with Crippen molar-refractivity contribution in [3.63, 3.8) is 0 Å². The van der Waals surface area contributed by atoms with E-state index in [4.69, 9.17) is 10.5 Å². The lowest BCUT2D eigenvalue weighted by Gasteiger charge is -2.12. The molecule has 0 aromatic heterocycles. The van der Waals surface area contributed by atoms with Gasteiger partial charge in [0.1, 0.15) is 0 Å². The molecule has 1 rings (SSSR count). The Morgan fingerprint density at radius 2 is 2.29 bits per heavy atom. The average Bonchev–Trinajstić information content (AvgIpc) is 2.30. The maximum atomic E-state index is 11.8. The molecule has 1 unspecified atom stereocenters. The average molecular weight is 238 g/mol. The van der Waals surface area contributed by atoms with Crippen molar-refractivity contribution in [2.24, 2.45) is 0 Å². The molecule has 5 nitrogen and oxygen atoms in total. The molecule has 1 aromatic carbocycles. The van der Waals surface area contributed by atoms with Crippen LogP contribution >= 0.6 is 0 Å². The Bertz CT molecular complexity index is 393. The first-order valence-electron chi connectivity index (χ1n) is 5.36. The molecule has 0 aliphatic heterocycles. The second-order valence-electron chi connectivity index (χ2n) is 3.84. The first kappa shape index (κ1) is 13.5. The number of ether oxygens (including phenoxy) is 1. The highest BCUT2D eigenvalue weighted by atomic mass is 16.5. The fraction of sp³-hybridized carbons (Fsp3) is 0.417.